The number of nitrogens with one attached hydrogen (secondary N) is 2. The second-order valence-electron chi connectivity index (χ2n) is 7.73. The molecule has 2 aromatic heterocycles. The quantitative estimate of drug-likeness (QED) is 0.865. The van der Waals surface area contributed by atoms with Crippen LogP contribution in [0.15, 0.2) is 18.6 Å². The van der Waals surface area contributed by atoms with Crippen LogP contribution < -0.4 is 10.2 Å². The highest BCUT2D eigenvalue weighted by molar-refractivity contribution is 5.93. The van der Waals surface area contributed by atoms with Gasteiger partial charge in [0.15, 0.2) is 0 Å². The summed E-state index contributed by atoms with van der Waals surface area (Å²) in [4.78, 5) is 24.0. The molecule has 0 saturated carbocycles. The van der Waals surface area contributed by atoms with E-state index >= 15 is 0 Å². The zero-order valence-corrected chi connectivity index (χ0v) is 15.2. The summed E-state index contributed by atoms with van der Waals surface area (Å²) in [5, 5.41) is 9.64. The Labute approximate surface area is 152 Å². The normalized spacial score (nSPS) is 21.9. The molecule has 2 N–H and O–H groups in total. The molecule has 26 heavy (non-hydrogen) atoms. The zero-order chi connectivity index (χ0) is 18.1. The van der Waals surface area contributed by atoms with E-state index in [4.69, 9.17) is 9.72 Å². The molecule has 0 unspecified atom stereocenters. The Morgan fingerprint density at radius 3 is 2.88 bits per heavy atom. The topological polar surface area (TPSA) is 96.0 Å². The zero-order valence-electron chi connectivity index (χ0n) is 15.2. The Hall–Kier alpha value is -2.48. The molecule has 4 rings (SSSR count). The van der Waals surface area contributed by atoms with Crippen LogP contribution in [0.1, 0.15) is 47.9 Å². The van der Waals surface area contributed by atoms with Gasteiger partial charge in [0.25, 0.3) is 5.91 Å². The summed E-state index contributed by atoms with van der Waals surface area (Å²) in [7, 11) is 0. The highest BCUT2D eigenvalue weighted by Crippen LogP contribution is 2.40. The summed E-state index contributed by atoms with van der Waals surface area (Å²) in [6, 6.07) is -0.102. The van der Waals surface area contributed by atoms with Crippen LogP contribution in [-0.2, 0) is 11.2 Å². The van der Waals surface area contributed by atoms with Gasteiger partial charge in [-0.3, -0.25) is 9.89 Å². The van der Waals surface area contributed by atoms with E-state index in [2.05, 4.69) is 39.2 Å². The van der Waals surface area contributed by atoms with Gasteiger partial charge in [-0.2, -0.15) is 5.10 Å². The molecule has 1 amide bonds. The number of fused-ring (bicyclic) bond motifs is 1. The molecule has 0 spiro atoms. The molecule has 0 radical (unpaired) electrons. The van der Waals surface area contributed by atoms with E-state index in [0.29, 0.717) is 18.8 Å². The molecule has 0 bridgehead atoms. The first-order valence-corrected chi connectivity index (χ1v) is 9.00. The number of anilines is 1. The first kappa shape index (κ1) is 17.0. The van der Waals surface area contributed by atoms with Crippen LogP contribution in [-0.4, -0.2) is 52.4 Å². The number of aromatic nitrogens is 4. The predicted octanol–water partition coefficient (Wildman–Crippen LogP) is 1.48. The van der Waals surface area contributed by atoms with Crippen molar-refractivity contribution in [1.82, 2.24) is 25.5 Å². The average Bonchev–Trinajstić information content (AvgIpc) is 3.16. The number of morpholine rings is 1. The van der Waals surface area contributed by atoms with E-state index in [1.165, 1.54) is 6.20 Å². The monoisotopic (exact) mass is 356 g/mol. The molecule has 2 aromatic rings. The van der Waals surface area contributed by atoms with Crippen LogP contribution in [0.3, 0.4) is 0 Å². The molecular weight excluding hydrogens is 332 g/mol. The van der Waals surface area contributed by atoms with Gasteiger partial charge in [0.2, 0.25) is 5.95 Å². The van der Waals surface area contributed by atoms with Crippen LogP contribution in [0.25, 0.3) is 0 Å². The van der Waals surface area contributed by atoms with Gasteiger partial charge in [0.1, 0.15) is 0 Å². The minimum Gasteiger partial charge on any atom is -0.378 e. The maximum atomic E-state index is 12.5. The van der Waals surface area contributed by atoms with Gasteiger partial charge in [-0.1, -0.05) is 13.8 Å². The summed E-state index contributed by atoms with van der Waals surface area (Å²) in [5.74, 6) is 0.620. The Balaban J connectivity index is 1.60. The Morgan fingerprint density at radius 1 is 1.35 bits per heavy atom. The molecule has 8 nitrogen and oxygen atoms in total. The van der Waals surface area contributed by atoms with E-state index in [1.54, 1.807) is 6.20 Å². The van der Waals surface area contributed by atoms with E-state index in [-0.39, 0.29) is 17.4 Å². The SMILES string of the molecule is CC1(C)Cc2nc(N3CCOCC3)ncc2[C@@H](NC(=O)c2cn[nH]c2)C1. The maximum absolute atomic E-state index is 12.5. The third kappa shape index (κ3) is 3.41. The second-order valence-corrected chi connectivity index (χ2v) is 7.73. The first-order chi connectivity index (χ1) is 12.5. The number of nitrogens with zero attached hydrogens (tertiary/aromatic N) is 4. The molecule has 1 fully saturated rings. The Kier molecular flexibility index (Phi) is 4.36. The Morgan fingerprint density at radius 2 is 2.15 bits per heavy atom. The van der Waals surface area contributed by atoms with Crippen LogP contribution >= 0.6 is 0 Å². The molecule has 1 aliphatic heterocycles. The number of hydrogen-bond acceptors (Lipinski definition) is 6. The summed E-state index contributed by atoms with van der Waals surface area (Å²) in [6.07, 6.45) is 6.73. The van der Waals surface area contributed by atoms with Gasteiger partial charge in [-0.05, 0) is 18.3 Å². The van der Waals surface area contributed by atoms with Crippen LogP contribution in [0.4, 0.5) is 5.95 Å². The van der Waals surface area contributed by atoms with E-state index in [9.17, 15) is 4.79 Å². The van der Waals surface area contributed by atoms with Gasteiger partial charge < -0.3 is 15.0 Å². The van der Waals surface area contributed by atoms with Crippen molar-refractivity contribution in [2.45, 2.75) is 32.7 Å². The minimum atomic E-state index is -0.135. The largest absolute Gasteiger partial charge is 0.378 e. The lowest BCUT2D eigenvalue weighted by Crippen LogP contribution is -2.39. The van der Waals surface area contributed by atoms with Crippen molar-refractivity contribution < 1.29 is 9.53 Å². The molecule has 1 atom stereocenters. The fourth-order valence-corrected chi connectivity index (χ4v) is 3.70. The molecule has 1 aliphatic carbocycles. The number of aromatic amines is 1. The predicted molar refractivity (Wildman–Crippen MR) is 96.0 cm³/mol. The van der Waals surface area contributed by atoms with Crippen molar-refractivity contribution in [3.63, 3.8) is 0 Å². The molecule has 8 heteroatoms. The molecule has 2 aliphatic rings. The first-order valence-electron chi connectivity index (χ1n) is 9.00. The lowest BCUT2D eigenvalue weighted by atomic mass is 9.74. The van der Waals surface area contributed by atoms with E-state index < -0.39 is 0 Å². The lowest BCUT2D eigenvalue weighted by molar-refractivity contribution is 0.0919. The summed E-state index contributed by atoms with van der Waals surface area (Å²) in [6.45, 7) is 7.45. The lowest BCUT2D eigenvalue weighted by Gasteiger charge is -2.37. The molecule has 1 saturated heterocycles. The van der Waals surface area contributed by atoms with Gasteiger partial charge in [0.05, 0.1) is 36.7 Å². The molecule has 3 heterocycles. The molecule has 0 aromatic carbocycles. The summed E-state index contributed by atoms with van der Waals surface area (Å²) >= 11 is 0. The maximum Gasteiger partial charge on any atom is 0.254 e. The van der Waals surface area contributed by atoms with Gasteiger partial charge in [-0.25, -0.2) is 9.97 Å². The third-order valence-electron chi connectivity index (χ3n) is 5.03. The standard InChI is InChI=1S/C18H24N6O2/c1-18(2)7-14(22-16(25)12-9-20-21-10-12)13-11-19-17(23-15(13)8-18)24-3-5-26-6-4-24/h9-11,14H,3-8H2,1-2H3,(H,20,21)(H,22,25)/t14-/m0/s1. The van der Waals surface area contributed by atoms with Crippen LogP contribution in [0.5, 0.6) is 0 Å². The number of hydrogen-bond donors (Lipinski definition) is 2. The Bertz CT molecular complexity index is 783. The van der Waals surface area contributed by atoms with Crippen LogP contribution in [0.2, 0.25) is 0 Å². The number of carbonyl (C=O) groups excluding carboxylic acids is 1. The highest BCUT2D eigenvalue weighted by atomic mass is 16.5. The number of amides is 1. The van der Waals surface area contributed by atoms with Crippen molar-refractivity contribution in [1.29, 1.82) is 0 Å². The van der Waals surface area contributed by atoms with Crippen LogP contribution in [0, 0.1) is 5.41 Å². The minimum absolute atomic E-state index is 0.0535. The third-order valence-corrected chi connectivity index (χ3v) is 5.03. The smallest absolute Gasteiger partial charge is 0.254 e. The highest BCUT2D eigenvalue weighted by Gasteiger charge is 2.35. The fourth-order valence-electron chi connectivity index (χ4n) is 3.70. The number of carbonyl (C=O) groups is 1. The summed E-state index contributed by atoms with van der Waals surface area (Å²) in [5.41, 5.74) is 2.62. The van der Waals surface area contributed by atoms with Crippen molar-refractivity contribution in [2.75, 3.05) is 31.2 Å². The summed E-state index contributed by atoms with van der Waals surface area (Å²) < 4.78 is 5.41. The number of ether oxygens (including phenoxy) is 1. The average molecular weight is 356 g/mol. The van der Waals surface area contributed by atoms with E-state index in [0.717, 1.165) is 43.1 Å². The van der Waals surface area contributed by atoms with E-state index in [1.807, 2.05) is 6.20 Å². The fraction of sp³-hybridized carbons (Fsp3) is 0.556. The molecular formula is C18H24N6O2. The van der Waals surface area contributed by atoms with Gasteiger partial charge >= 0.3 is 0 Å². The van der Waals surface area contributed by atoms with Crippen molar-refractivity contribution in [3.05, 3.63) is 35.4 Å². The number of rotatable bonds is 3. The van der Waals surface area contributed by atoms with Gasteiger partial charge in [-0.15, -0.1) is 0 Å². The second kappa shape index (κ2) is 6.68. The van der Waals surface area contributed by atoms with Crippen molar-refractivity contribution in [2.24, 2.45) is 5.41 Å². The number of H-pyrrole nitrogens is 1. The van der Waals surface area contributed by atoms with Crippen molar-refractivity contribution >= 4 is 11.9 Å². The van der Waals surface area contributed by atoms with Crippen molar-refractivity contribution in [3.8, 4) is 0 Å². The molecule has 138 valence electrons. The van der Waals surface area contributed by atoms with Gasteiger partial charge in [0, 0.05) is 31.0 Å².